The SMILES string of the molecule is CCN(C(=O)OC(C)(C)C)c1ncccc1[C@@H]1CCCCN1CC(C)C. The minimum atomic E-state index is -0.520. The standard InChI is InChI=1S/C21H35N3O2/c1-7-24(20(25)26-21(4,5)6)19-17(11-10-13-22-19)18-12-8-9-14-23(18)15-16(2)3/h10-11,13,16,18H,7-9,12,14-15H2,1-6H3/t18-/m0/s1. The lowest BCUT2D eigenvalue weighted by atomic mass is 9.94. The van der Waals surface area contributed by atoms with Crippen molar-refractivity contribution in [2.45, 2.75) is 72.4 Å². The van der Waals surface area contributed by atoms with Crippen LogP contribution in [0.1, 0.15) is 72.4 Å². The summed E-state index contributed by atoms with van der Waals surface area (Å²) < 4.78 is 5.61. The highest BCUT2D eigenvalue weighted by Gasteiger charge is 2.31. The van der Waals surface area contributed by atoms with Crippen LogP contribution >= 0.6 is 0 Å². The number of piperidine rings is 1. The topological polar surface area (TPSA) is 45.7 Å². The summed E-state index contributed by atoms with van der Waals surface area (Å²) in [7, 11) is 0. The molecule has 5 nitrogen and oxygen atoms in total. The summed E-state index contributed by atoms with van der Waals surface area (Å²) in [6, 6.07) is 4.41. The number of aromatic nitrogens is 1. The average molecular weight is 362 g/mol. The highest BCUT2D eigenvalue weighted by molar-refractivity contribution is 5.87. The first-order valence-electron chi connectivity index (χ1n) is 9.92. The maximum absolute atomic E-state index is 12.7. The van der Waals surface area contributed by atoms with Crippen molar-refractivity contribution in [3.63, 3.8) is 0 Å². The summed E-state index contributed by atoms with van der Waals surface area (Å²) in [4.78, 5) is 21.5. The van der Waals surface area contributed by atoms with E-state index < -0.39 is 5.60 Å². The van der Waals surface area contributed by atoms with E-state index in [-0.39, 0.29) is 6.09 Å². The van der Waals surface area contributed by atoms with Crippen LogP contribution in [0.2, 0.25) is 0 Å². The Morgan fingerprint density at radius 2 is 2.12 bits per heavy atom. The van der Waals surface area contributed by atoms with Gasteiger partial charge in [0.1, 0.15) is 11.4 Å². The van der Waals surface area contributed by atoms with Crippen LogP contribution < -0.4 is 4.90 Å². The van der Waals surface area contributed by atoms with Gasteiger partial charge in [0.05, 0.1) is 0 Å². The number of carbonyl (C=O) groups excluding carboxylic acids is 1. The van der Waals surface area contributed by atoms with Crippen LogP contribution in [0.4, 0.5) is 10.6 Å². The van der Waals surface area contributed by atoms with Crippen LogP contribution in [-0.2, 0) is 4.74 Å². The van der Waals surface area contributed by atoms with E-state index in [1.165, 1.54) is 12.8 Å². The number of hydrogen-bond donors (Lipinski definition) is 0. The third-order valence-corrected chi connectivity index (χ3v) is 4.57. The second kappa shape index (κ2) is 8.85. The molecule has 1 aliphatic heterocycles. The van der Waals surface area contributed by atoms with E-state index in [2.05, 4.69) is 29.8 Å². The molecule has 1 aliphatic rings. The normalized spacial score (nSPS) is 18.8. The Morgan fingerprint density at radius 3 is 2.73 bits per heavy atom. The Morgan fingerprint density at radius 1 is 1.38 bits per heavy atom. The molecule has 0 saturated carbocycles. The molecule has 0 aromatic carbocycles. The second-order valence-electron chi connectivity index (χ2n) is 8.54. The van der Waals surface area contributed by atoms with Gasteiger partial charge < -0.3 is 4.74 Å². The van der Waals surface area contributed by atoms with E-state index in [0.29, 0.717) is 18.5 Å². The molecular formula is C21H35N3O2. The Bertz CT molecular complexity index is 595. The summed E-state index contributed by atoms with van der Waals surface area (Å²) >= 11 is 0. The van der Waals surface area contributed by atoms with Gasteiger partial charge in [0.2, 0.25) is 0 Å². The maximum atomic E-state index is 12.7. The molecule has 5 heteroatoms. The Balaban J connectivity index is 2.34. The van der Waals surface area contributed by atoms with Crippen LogP contribution in [0.25, 0.3) is 0 Å². The fourth-order valence-electron chi connectivity index (χ4n) is 3.61. The number of pyridine rings is 1. The number of ether oxygens (including phenoxy) is 1. The van der Waals surface area contributed by atoms with Crippen molar-refractivity contribution in [1.29, 1.82) is 0 Å². The molecule has 0 radical (unpaired) electrons. The van der Waals surface area contributed by atoms with Crippen molar-refractivity contribution in [2.75, 3.05) is 24.5 Å². The molecule has 1 aromatic heterocycles. The van der Waals surface area contributed by atoms with Crippen LogP contribution in [-0.4, -0.2) is 41.2 Å². The predicted octanol–water partition coefficient (Wildman–Crippen LogP) is 5.03. The van der Waals surface area contributed by atoms with E-state index in [1.807, 2.05) is 33.8 Å². The minimum absolute atomic E-state index is 0.311. The number of nitrogens with zero attached hydrogens (tertiary/aromatic N) is 3. The molecule has 0 aliphatic carbocycles. The number of rotatable bonds is 5. The highest BCUT2D eigenvalue weighted by Crippen LogP contribution is 2.36. The van der Waals surface area contributed by atoms with Gasteiger partial charge in [-0.2, -0.15) is 0 Å². The molecule has 0 spiro atoms. The van der Waals surface area contributed by atoms with Gasteiger partial charge >= 0.3 is 6.09 Å². The first-order chi connectivity index (χ1) is 12.2. The lowest BCUT2D eigenvalue weighted by Gasteiger charge is -2.38. The molecule has 2 rings (SSSR count). The molecular weight excluding hydrogens is 326 g/mol. The summed E-state index contributed by atoms with van der Waals surface area (Å²) in [6.07, 6.45) is 5.00. The third kappa shape index (κ3) is 5.44. The summed E-state index contributed by atoms with van der Waals surface area (Å²) in [5.41, 5.74) is 0.620. The Kier molecular flexibility index (Phi) is 7.04. The predicted molar refractivity (Wildman–Crippen MR) is 106 cm³/mol. The summed E-state index contributed by atoms with van der Waals surface area (Å²) in [5, 5.41) is 0. The fourth-order valence-corrected chi connectivity index (χ4v) is 3.61. The molecule has 0 N–H and O–H groups in total. The van der Waals surface area contributed by atoms with E-state index in [9.17, 15) is 4.79 Å². The van der Waals surface area contributed by atoms with Gasteiger partial charge in [-0.05, 0) is 59.1 Å². The van der Waals surface area contributed by atoms with Gasteiger partial charge in [0.25, 0.3) is 0 Å². The third-order valence-electron chi connectivity index (χ3n) is 4.57. The van der Waals surface area contributed by atoms with Crippen molar-refractivity contribution >= 4 is 11.9 Å². The zero-order valence-corrected chi connectivity index (χ0v) is 17.3. The van der Waals surface area contributed by atoms with Gasteiger partial charge in [-0.3, -0.25) is 9.80 Å². The Labute approximate surface area is 158 Å². The monoisotopic (exact) mass is 361 g/mol. The minimum Gasteiger partial charge on any atom is -0.443 e. The Hall–Kier alpha value is -1.62. The lowest BCUT2D eigenvalue weighted by molar-refractivity contribution is 0.0579. The first kappa shape index (κ1) is 20.7. The molecule has 1 fully saturated rings. The van der Waals surface area contributed by atoms with Crippen molar-refractivity contribution < 1.29 is 9.53 Å². The first-order valence-corrected chi connectivity index (χ1v) is 9.92. The van der Waals surface area contributed by atoms with Gasteiger partial charge in [-0.15, -0.1) is 0 Å². The number of amides is 1. The van der Waals surface area contributed by atoms with E-state index >= 15 is 0 Å². The molecule has 1 amide bonds. The molecule has 26 heavy (non-hydrogen) atoms. The molecule has 1 saturated heterocycles. The zero-order chi connectivity index (χ0) is 19.3. The number of carbonyl (C=O) groups is 1. The van der Waals surface area contributed by atoms with Crippen LogP contribution in [0.3, 0.4) is 0 Å². The number of anilines is 1. The quantitative estimate of drug-likeness (QED) is 0.738. The van der Waals surface area contributed by atoms with Crippen molar-refractivity contribution in [2.24, 2.45) is 5.92 Å². The van der Waals surface area contributed by atoms with Gasteiger partial charge in [0, 0.05) is 30.9 Å². The maximum Gasteiger partial charge on any atom is 0.415 e. The van der Waals surface area contributed by atoms with Crippen molar-refractivity contribution in [3.05, 3.63) is 23.9 Å². The second-order valence-corrected chi connectivity index (χ2v) is 8.54. The van der Waals surface area contributed by atoms with E-state index in [0.717, 1.165) is 30.9 Å². The zero-order valence-electron chi connectivity index (χ0n) is 17.3. The molecule has 146 valence electrons. The summed E-state index contributed by atoms with van der Waals surface area (Å²) in [6.45, 7) is 14.9. The average Bonchev–Trinajstić information content (AvgIpc) is 2.54. The van der Waals surface area contributed by atoms with E-state index in [1.54, 1.807) is 11.1 Å². The number of hydrogen-bond acceptors (Lipinski definition) is 4. The van der Waals surface area contributed by atoms with E-state index in [4.69, 9.17) is 4.74 Å². The molecule has 1 aromatic rings. The van der Waals surface area contributed by atoms with Gasteiger partial charge in [0.15, 0.2) is 0 Å². The molecule has 0 unspecified atom stereocenters. The van der Waals surface area contributed by atoms with Gasteiger partial charge in [-0.25, -0.2) is 9.78 Å². The fraction of sp³-hybridized carbons (Fsp3) is 0.714. The van der Waals surface area contributed by atoms with Crippen LogP contribution in [0.5, 0.6) is 0 Å². The summed E-state index contributed by atoms with van der Waals surface area (Å²) in [5.74, 6) is 1.36. The molecule has 2 heterocycles. The molecule has 1 atom stereocenters. The van der Waals surface area contributed by atoms with Crippen LogP contribution in [0.15, 0.2) is 18.3 Å². The lowest BCUT2D eigenvalue weighted by Crippen LogP contribution is -2.40. The highest BCUT2D eigenvalue weighted by atomic mass is 16.6. The molecule has 0 bridgehead atoms. The largest absolute Gasteiger partial charge is 0.443 e. The van der Waals surface area contributed by atoms with Gasteiger partial charge in [-0.1, -0.05) is 26.3 Å². The number of likely N-dealkylation sites (tertiary alicyclic amines) is 1. The van der Waals surface area contributed by atoms with Crippen LogP contribution in [0, 0.1) is 5.92 Å². The smallest absolute Gasteiger partial charge is 0.415 e. The van der Waals surface area contributed by atoms with Crippen molar-refractivity contribution in [3.8, 4) is 0 Å². The van der Waals surface area contributed by atoms with Crippen molar-refractivity contribution in [1.82, 2.24) is 9.88 Å².